The van der Waals surface area contributed by atoms with E-state index in [1.165, 1.54) is 12.1 Å². The number of non-ortho nitro benzene ring substituents is 1. The number of carbonyl (C=O) groups is 1. The monoisotopic (exact) mass is 292 g/mol. The van der Waals surface area contributed by atoms with Crippen molar-refractivity contribution in [3.05, 3.63) is 28.3 Å². The number of para-hydroxylation sites is 1. The molecule has 0 atom stereocenters. The highest BCUT2D eigenvalue weighted by Crippen LogP contribution is 2.27. The van der Waals surface area contributed by atoms with Crippen LogP contribution >= 0.6 is 0 Å². The molecular weight excluding hydrogens is 276 g/mol. The van der Waals surface area contributed by atoms with Crippen molar-refractivity contribution in [3.63, 3.8) is 0 Å². The number of hydrogen-bond acceptors (Lipinski definition) is 6. The van der Waals surface area contributed by atoms with Crippen molar-refractivity contribution in [2.24, 2.45) is 0 Å². The van der Waals surface area contributed by atoms with Gasteiger partial charge in [0.15, 0.2) is 11.1 Å². The number of nitrogens with zero attached hydrogens (tertiary/aromatic N) is 2. The van der Waals surface area contributed by atoms with Gasteiger partial charge in [-0.3, -0.25) is 14.9 Å². The standard InChI is InChI=1S/C13H16N4O4/c1-13(2,3)16-10(18)7-14-12-15-11-8(17(19)20)5-4-6-9(11)21-12/h4-6H,7H2,1-3H3,(H,14,15)(H,16,18). The van der Waals surface area contributed by atoms with Gasteiger partial charge in [-0.25, -0.2) is 0 Å². The van der Waals surface area contributed by atoms with E-state index in [2.05, 4.69) is 15.6 Å². The Labute approximate surface area is 120 Å². The Bertz CT molecular complexity index is 687. The zero-order valence-corrected chi connectivity index (χ0v) is 12.0. The van der Waals surface area contributed by atoms with Crippen LogP contribution in [-0.4, -0.2) is 27.9 Å². The van der Waals surface area contributed by atoms with Crippen LogP contribution in [0.1, 0.15) is 20.8 Å². The van der Waals surface area contributed by atoms with Gasteiger partial charge in [0.25, 0.3) is 11.7 Å². The summed E-state index contributed by atoms with van der Waals surface area (Å²) in [5.41, 5.74) is -0.0219. The summed E-state index contributed by atoms with van der Waals surface area (Å²) in [5.74, 6) is -0.223. The predicted octanol–water partition coefficient (Wildman–Crippen LogP) is 2.06. The first-order chi connectivity index (χ1) is 9.76. The van der Waals surface area contributed by atoms with Crippen molar-refractivity contribution in [2.75, 3.05) is 11.9 Å². The van der Waals surface area contributed by atoms with Gasteiger partial charge in [-0.1, -0.05) is 6.07 Å². The maximum Gasteiger partial charge on any atom is 0.298 e. The summed E-state index contributed by atoms with van der Waals surface area (Å²) >= 11 is 0. The first-order valence-corrected chi connectivity index (χ1v) is 6.35. The molecule has 8 heteroatoms. The molecule has 0 unspecified atom stereocenters. The number of nitrogens with one attached hydrogen (secondary N) is 2. The number of aromatic nitrogens is 1. The van der Waals surface area contributed by atoms with Crippen molar-refractivity contribution >= 4 is 28.7 Å². The summed E-state index contributed by atoms with van der Waals surface area (Å²) in [7, 11) is 0. The van der Waals surface area contributed by atoms with Crippen LogP contribution < -0.4 is 10.6 Å². The molecule has 1 amide bonds. The lowest BCUT2D eigenvalue weighted by Crippen LogP contribution is -2.43. The summed E-state index contributed by atoms with van der Waals surface area (Å²) in [6.45, 7) is 5.58. The molecule has 21 heavy (non-hydrogen) atoms. The van der Waals surface area contributed by atoms with E-state index < -0.39 is 4.92 Å². The molecule has 2 N–H and O–H groups in total. The Balaban J connectivity index is 2.12. The lowest BCUT2D eigenvalue weighted by molar-refractivity contribution is -0.383. The Kier molecular flexibility index (Phi) is 3.79. The quantitative estimate of drug-likeness (QED) is 0.659. The molecule has 0 radical (unpaired) electrons. The summed E-state index contributed by atoms with van der Waals surface area (Å²) in [6.07, 6.45) is 0. The van der Waals surface area contributed by atoms with E-state index in [1.807, 2.05) is 20.8 Å². The zero-order valence-electron chi connectivity index (χ0n) is 12.0. The highest BCUT2D eigenvalue weighted by atomic mass is 16.6. The molecule has 2 rings (SSSR count). The molecule has 1 aromatic heterocycles. The van der Waals surface area contributed by atoms with Crippen LogP contribution in [0, 0.1) is 10.1 Å². The van der Waals surface area contributed by atoms with Crippen molar-refractivity contribution in [1.82, 2.24) is 10.3 Å². The van der Waals surface area contributed by atoms with Crippen molar-refractivity contribution in [2.45, 2.75) is 26.3 Å². The minimum absolute atomic E-state index is 0.0299. The van der Waals surface area contributed by atoms with Gasteiger partial charge < -0.3 is 15.1 Å². The van der Waals surface area contributed by atoms with E-state index in [9.17, 15) is 14.9 Å². The normalized spacial score (nSPS) is 11.4. The third kappa shape index (κ3) is 3.68. The van der Waals surface area contributed by atoms with E-state index in [-0.39, 0.29) is 35.2 Å². The lowest BCUT2D eigenvalue weighted by atomic mass is 10.1. The third-order valence-electron chi connectivity index (χ3n) is 2.51. The molecule has 0 spiro atoms. The van der Waals surface area contributed by atoms with Gasteiger partial charge in [-0.2, -0.15) is 4.98 Å². The zero-order chi connectivity index (χ0) is 15.6. The van der Waals surface area contributed by atoms with Gasteiger partial charge >= 0.3 is 0 Å². The maximum absolute atomic E-state index is 11.7. The van der Waals surface area contributed by atoms with Crippen molar-refractivity contribution in [3.8, 4) is 0 Å². The maximum atomic E-state index is 11.7. The summed E-state index contributed by atoms with van der Waals surface area (Å²) in [6, 6.07) is 4.52. The number of nitro benzene ring substituents is 1. The summed E-state index contributed by atoms with van der Waals surface area (Å²) in [5, 5.41) is 16.4. The van der Waals surface area contributed by atoms with E-state index >= 15 is 0 Å². The molecule has 1 aromatic carbocycles. The minimum Gasteiger partial charge on any atom is -0.423 e. The number of fused-ring (bicyclic) bond motifs is 1. The van der Waals surface area contributed by atoms with Crippen LogP contribution in [0.3, 0.4) is 0 Å². The second kappa shape index (κ2) is 5.39. The number of hydrogen-bond donors (Lipinski definition) is 2. The number of benzene rings is 1. The Morgan fingerprint density at radius 3 is 2.76 bits per heavy atom. The first kappa shape index (κ1) is 14.8. The number of carbonyl (C=O) groups excluding carboxylic acids is 1. The number of rotatable bonds is 4. The Morgan fingerprint density at radius 1 is 1.43 bits per heavy atom. The smallest absolute Gasteiger partial charge is 0.298 e. The second-order valence-corrected chi connectivity index (χ2v) is 5.55. The molecule has 0 saturated heterocycles. The molecule has 0 fully saturated rings. The fourth-order valence-electron chi connectivity index (χ4n) is 1.78. The second-order valence-electron chi connectivity index (χ2n) is 5.55. The van der Waals surface area contributed by atoms with Crippen LogP contribution in [0.4, 0.5) is 11.7 Å². The van der Waals surface area contributed by atoms with Crippen molar-refractivity contribution < 1.29 is 14.1 Å². The van der Waals surface area contributed by atoms with Crippen LogP contribution in [0.2, 0.25) is 0 Å². The van der Waals surface area contributed by atoms with Crippen LogP contribution in [0.15, 0.2) is 22.6 Å². The molecule has 1 heterocycles. The number of nitro groups is 1. The molecule has 0 aliphatic heterocycles. The first-order valence-electron chi connectivity index (χ1n) is 6.35. The number of amides is 1. The van der Waals surface area contributed by atoms with Gasteiger partial charge in [0.1, 0.15) is 0 Å². The number of oxazole rings is 1. The molecule has 0 saturated carbocycles. The van der Waals surface area contributed by atoms with E-state index in [0.29, 0.717) is 5.58 Å². The molecular formula is C13H16N4O4. The Morgan fingerprint density at radius 2 is 2.14 bits per heavy atom. The van der Waals surface area contributed by atoms with E-state index in [1.54, 1.807) is 6.07 Å². The topological polar surface area (TPSA) is 110 Å². The van der Waals surface area contributed by atoms with Crippen LogP contribution in [-0.2, 0) is 4.79 Å². The van der Waals surface area contributed by atoms with Gasteiger partial charge in [0, 0.05) is 11.6 Å². The largest absolute Gasteiger partial charge is 0.423 e. The molecule has 0 bridgehead atoms. The minimum atomic E-state index is -0.527. The van der Waals surface area contributed by atoms with Crippen LogP contribution in [0.25, 0.3) is 11.1 Å². The SMILES string of the molecule is CC(C)(C)NC(=O)CNc1nc2c([N+](=O)[O-])cccc2o1. The lowest BCUT2D eigenvalue weighted by Gasteiger charge is -2.20. The van der Waals surface area contributed by atoms with E-state index in [0.717, 1.165) is 0 Å². The van der Waals surface area contributed by atoms with E-state index in [4.69, 9.17) is 4.42 Å². The van der Waals surface area contributed by atoms with Gasteiger partial charge in [0.05, 0.1) is 11.5 Å². The third-order valence-corrected chi connectivity index (χ3v) is 2.51. The molecule has 0 aliphatic rings. The summed E-state index contributed by atoms with van der Waals surface area (Å²) < 4.78 is 5.33. The molecule has 2 aromatic rings. The fraction of sp³-hybridized carbons (Fsp3) is 0.385. The van der Waals surface area contributed by atoms with Crippen LogP contribution in [0.5, 0.6) is 0 Å². The van der Waals surface area contributed by atoms with Gasteiger partial charge in [0.2, 0.25) is 5.91 Å². The molecule has 112 valence electrons. The van der Waals surface area contributed by atoms with Crippen molar-refractivity contribution in [1.29, 1.82) is 0 Å². The molecule has 8 nitrogen and oxygen atoms in total. The highest BCUT2D eigenvalue weighted by Gasteiger charge is 2.18. The highest BCUT2D eigenvalue weighted by molar-refractivity contribution is 5.85. The molecule has 0 aliphatic carbocycles. The average Bonchev–Trinajstić information content (AvgIpc) is 2.76. The van der Waals surface area contributed by atoms with Gasteiger partial charge in [-0.05, 0) is 26.8 Å². The van der Waals surface area contributed by atoms with Gasteiger partial charge in [-0.15, -0.1) is 0 Å². The number of anilines is 1. The Hall–Kier alpha value is -2.64. The fourth-order valence-corrected chi connectivity index (χ4v) is 1.78. The average molecular weight is 292 g/mol. The summed E-state index contributed by atoms with van der Waals surface area (Å²) in [4.78, 5) is 26.0. The predicted molar refractivity (Wildman–Crippen MR) is 77.0 cm³/mol.